The summed E-state index contributed by atoms with van der Waals surface area (Å²) in [5, 5.41) is 0. The van der Waals surface area contributed by atoms with Gasteiger partial charge in [-0.05, 0) is 24.1 Å². The monoisotopic (exact) mass is 262 g/mol. The second-order valence-corrected chi connectivity index (χ2v) is 5.37. The van der Waals surface area contributed by atoms with Gasteiger partial charge in [0.15, 0.2) is 0 Å². The number of benzene rings is 1. The number of hydrogen-bond acceptors (Lipinski definition) is 2. The van der Waals surface area contributed by atoms with Gasteiger partial charge in [-0.1, -0.05) is 45.8 Å². The highest BCUT2D eigenvalue weighted by molar-refractivity contribution is 5.43. The predicted octanol–water partition coefficient (Wildman–Crippen LogP) is 4.73. The van der Waals surface area contributed by atoms with Gasteiger partial charge in [-0.3, -0.25) is 0 Å². The van der Waals surface area contributed by atoms with E-state index in [-0.39, 0.29) is 5.41 Å². The van der Waals surface area contributed by atoms with E-state index in [1.165, 1.54) is 18.4 Å². The zero-order valence-corrected chi connectivity index (χ0v) is 12.8. The maximum Gasteiger partial charge on any atom is 0.122 e. The first kappa shape index (κ1) is 15.6. The number of methoxy groups -OCH3 is 2. The highest BCUT2D eigenvalue weighted by atomic mass is 16.5. The summed E-state index contributed by atoms with van der Waals surface area (Å²) in [6.45, 7) is 6.64. The molecule has 0 atom stereocenters. The van der Waals surface area contributed by atoms with Crippen molar-refractivity contribution in [1.82, 2.24) is 0 Å². The molecule has 0 saturated carbocycles. The number of ether oxygens (including phenoxy) is 2. The summed E-state index contributed by atoms with van der Waals surface area (Å²) in [4.78, 5) is 0. The predicted molar refractivity (Wildman–Crippen MR) is 81.2 cm³/mol. The molecule has 0 heterocycles. The van der Waals surface area contributed by atoms with Crippen molar-refractivity contribution in [3.05, 3.63) is 35.9 Å². The van der Waals surface area contributed by atoms with Gasteiger partial charge in [-0.25, -0.2) is 0 Å². The van der Waals surface area contributed by atoms with Gasteiger partial charge in [0.05, 0.1) is 14.2 Å². The maximum absolute atomic E-state index is 5.33. The van der Waals surface area contributed by atoms with Crippen LogP contribution >= 0.6 is 0 Å². The Bertz CT molecular complexity index is 397. The molecule has 0 aliphatic carbocycles. The van der Waals surface area contributed by atoms with Crippen LogP contribution < -0.4 is 9.47 Å². The zero-order valence-electron chi connectivity index (χ0n) is 12.8. The molecule has 2 heteroatoms. The first-order valence-corrected chi connectivity index (χ1v) is 6.94. The topological polar surface area (TPSA) is 18.5 Å². The summed E-state index contributed by atoms with van der Waals surface area (Å²) in [6.07, 6.45) is 8.17. The molecule has 19 heavy (non-hydrogen) atoms. The van der Waals surface area contributed by atoms with Crippen LogP contribution in [-0.4, -0.2) is 14.2 Å². The van der Waals surface area contributed by atoms with E-state index in [9.17, 15) is 0 Å². The smallest absolute Gasteiger partial charge is 0.122 e. The SMILES string of the molecule is CCCCC=CC(C)(C)c1cc(OC)cc(OC)c1. The van der Waals surface area contributed by atoms with Crippen molar-refractivity contribution in [2.75, 3.05) is 14.2 Å². The fourth-order valence-electron chi connectivity index (χ4n) is 1.98. The summed E-state index contributed by atoms with van der Waals surface area (Å²) in [5.74, 6) is 1.67. The molecule has 106 valence electrons. The first-order valence-electron chi connectivity index (χ1n) is 6.94. The van der Waals surface area contributed by atoms with E-state index < -0.39 is 0 Å². The van der Waals surface area contributed by atoms with Crippen LogP contribution in [0, 0.1) is 0 Å². The Labute approximate surface area is 117 Å². The summed E-state index contributed by atoms with van der Waals surface area (Å²) in [6, 6.07) is 6.06. The van der Waals surface area contributed by atoms with Gasteiger partial charge in [0.25, 0.3) is 0 Å². The van der Waals surface area contributed by atoms with Crippen molar-refractivity contribution in [2.24, 2.45) is 0 Å². The van der Waals surface area contributed by atoms with Crippen molar-refractivity contribution >= 4 is 0 Å². The lowest BCUT2D eigenvalue weighted by atomic mass is 9.84. The van der Waals surface area contributed by atoms with Crippen LogP contribution in [-0.2, 0) is 5.41 Å². The molecular weight excluding hydrogens is 236 g/mol. The van der Waals surface area contributed by atoms with Crippen molar-refractivity contribution < 1.29 is 9.47 Å². The Morgan fingerprint density at radius 1 is 1.05 bits per heavy atom. The normalized spacial score (nSPS) is 11.8. The number of hydrogen-bond donors (Lipinski definition) is 0. The minimum atomic E-state index is -0.0183. The molecule has 0 aliphatic heterocycles. The first-order chi connectivity index (χ1) is 9.03. The van der Waals surface area contributed by atoms with E-state index in [2.05, 4.69) is 45.1 Å². The minimum Gasteiger partial charge on any atom is -0.497 e. The van der Waals surface area contributed by atoms with Gasteiger partial charge in [-0.2, -0.15) is 0 Å². The van der Waals surface area contributed by atoms with Gasteiger partial charge in [0.2, 0.25) is 0 Å². The highest BCUT2D eigenvalue weighted by Gasteiger charge is 2.18. The van der Waals surface area contributed by atoms with E-state index in [4.69, 9.17) is 9.47 Å². The third-order valence-electron chi connectivity index (χ3n) is 3.35. The fraction of sp³-hybridized carbons (Fsp3) is 0.529. The molecule has 2 nitrogen and oxygen atoms in total. The van der Waals surface area contributed by atoms with Crippen molar-refractivity contribution in [1.29, 1.82) is 0 Å². The number of unbranched alkanes of at least 4 members (excludes halogenated alkanes) is 2. The molecule has 1 aromatic carbocycles. The van der Waals surface area contributed by atoms with Gasteiger partial charge in [-0.15, -0.1) is 0 Å². The van der Waals surface area contributed by atoms with E-state index in [1.54, 1.807) is 14.2 Å². The number of allylic oxidation sites excluding steroid dienone is 2. The van der Waals surface area contributed by atoms with Gasteiger partial charge < -0.3 is 9.47 Å². The Kier molecular flexibility index (Phi) is 5.94. The molecular formula is C17H26O2. The Balaban J connectivity index is 2.95. The van der Waals surface area contributed by atoms with Gasteiger partial charge >= 0.3 is 0 Å². The average Bonchev–Trinajstić information content (AvgIpc) is 2.43. The molecule has 1 aromatic rings. The molecule has 0 bridgehead atoms. The van der Waals surface area contributed by atoms with Crippen molar-refractivity contribution in [3.8, 4) is 11.5 Å². The zero-order chi connectivity index (χ0) is 14.3. The van der Waals surface area contributed by atoms with Crippen LogP contribution in [0.4, 0.5) is 0 Å². The second-order valence-electron chi connectivity index (χ2n) is 5.37. The molecule has 0 unspecified atom stereocenters. The van der Waals surface area contributed by atoms with E-state index in [0.717, 1.165) is 17.9 Å². The molecule has 0 saturated heterocycles. The third kappa shape index (κ3) is 4.62. The summed E-state index contributed by atoms with van der Waals surface area (Å²) < 4.78 is 10.7. The molecule has 0 fully saturated rings. The Hall–Kier alpha value is -1.44. The lowest BCUT2D eigenvalue weighted by Crippen LogP contribution is -2.13. The minimum absolute atomic E-state index is 0.0183. The van der Waals surface area contributed by atoms with E-state index >= 15 is 0 Å². The molecule has 0 amide bonds. The van der Waals surface area contributed by atoms with E-state index in [0.29, 0.717) is 0 Å². The summed E-state index contributed by atoms with van der Waals surface area (Å²) in [7, 11) is 3.37. The molecule has 0 radical (unpaired) electrons. The molecule has 0 N–H and O–H groups in total. The van der Waals surface area contributed by atoms with Crippen LogP contribution in [0.3, 0.4) is 0 Å². The average molecular weight is 262 g/mol. The second kappa shape index (κ2) is 7.22. The number of rotatable bonds is 7. The maximum atomic E-state index is 5.33. The van der Waals surface area contributed by atoms with E-state index in [1.807, 2.05) is 6.07 Å². The standard InChI is InChI=1S/C17H26O2/c1-6-7-8-9-10-17(2,3)14-11-15(18-4)13-16(12-14)19-5/h9-13H,6-8H2,1-5H3. The van der Waals surface area contributed by atoms with Crippen LogP contribution in [0.25, 0.3) is 0 Å². The van der Waals surface area contributed by atoms with Crippen molar-refractivity contribution in [3.63, 3.8) is 0 Å². The molecule has 0 aliphatic rings. The third-order valence-corrected chi connectivity index (χ3v) is 3.35. The summed E-state index contributed by atoms with van der Waals surface area (Å²) in [5.41, 5.74) is 1.19. The van der Waals surface area contributed by atoms with Crippen LogP contribution in [0.1, 0.15) is 45.6 Å². The van der Waals surface area contributed by atoms with Crippen LogP contribution in [0.2, 0.25) is 0 Å². The van der Waals surface area contributed by atoms with Gasteiger partial charge in [0.1, 0.15) is 11.5 Å². The van der Waals surface area contributed by atoms with Crippen LogP contribution in [0.15, 0.2) is 30.4 Å². The van der Waals surface area contributed by atoms with Crippen LogP contribution in [0.5, 0.6) is 11.5 Å². The highest BCUT2D eigenvalue weighted by Crippen LogP contribution is 2.32. The fourth-order valence-corrected chi connectivity index (χ4v) is 1.98. The van der Waals surface area contributed by atoms with Gasteiger partial charge in [0, 0.05) is 11.5 Å². The van der Waals surface area contributed by atoms with Crippen molar-refractivity contribution in [2.45, 2.75) is 45.4 Å². The Morgan fingerprint density at radius 3 is 2.11 bits per heavy atom. The Morgan fingerprint density at radius 2 is 1.63 bits per heavy atom. The quantitative estimate of drug-likeness (QED) is 0.522. The molecule has 0 spiro atoms. The molecule has 0 aromatic heterocycles. The molecule has 1 rings (SSSR count). The largest absolute Gasteiger partial charge is 0.497 e. The lowest BCUT2D eigenvalue weighted by molar-refractivity contribution is 0.392. The summed E-state index contributed by atoms with van der Waals surface area (Å²) >= 11 is 0. The lowest BCUT2D eigenvalue weighted by Gasteiger charge is -2.22.